The molecule has 0 saturated carbocycles. The molecule has 0 bridgehead atoms. The molecule has 1 aromatic rings. The molecule has 18 heavy (non-hydrogen) atoms. The molecule has 4 heteroatoms. The van der Waals surface area contributed by atoms with E-state index in [4.69, 9.17) is 10.5 Å². The Hall–Kier alpha value is -0.580. The number of thioether (sulfide) groups is 1. The predicted octanol–water partition coefficient (Wildman–Crippen LogP) is 3.13. The molecule has 0 spiro atoms. The summed E-state index contributed by atoms with van der Waals surface area (Å²) in [5, 5.41) is 0.204. The number of hydrogen-bond donors (Lipinski definition) is 1. The summed E-state index contributed by atoms with van der Waals surface area (Å²) in [6.07, 6.45) is 2.66. The second-order valence-electron chi connectivity index (χ2n) is 4.80. The van der Waals surface area contributed by atoms with E-state index in [0.29, 0.717) is 6.10 Å². The first kappa shape index (κ1) is 13.8. The number of hydrogen-bond acceptors (Lipinski definition) is 3. The minimum atomic E-state index is -0.202. The quantitative estimate of drug-likeness (QED) is 0.892. The Balaban J connectivity index is 1.96. The van der Waals surface area contributed by atoms with Crippen LogP contribution in [-0.2, 0) is 4.74 Å². The number of ether oxygens (including phenoxy) is 1. The summed E-state index contributed by atoms with van der Waals surface area (Å²) in [6.45, 7) is 2.88. The molecule has 2 nitrogen and oxygen atoms in total. The monoisotopic (exact) mass is 269 g/mol. The van der Waals surface area contributed by atoms with E-state index in [1.54, 1.807) is 0 Å². The Bertz CT molecular complexity index is 363. The van der Waals surface area contributed by atoms with Gasteiger partial charge < -0.3 is 10.5 Å². The summed E-state index contributed by atoms with van der Waals surface area (Å²) in [6, 6.07) is 6.69. The fraction of sp³-hybridized carbons (Fsp3) is 0.571. The van der Waals surface area contributed by atoms with Gasteiger partial charge in [0, 0.05) is 23.7 Å². The zero-order chi connectivity index (χ0) is 13.0. The normalized spacial score (nSPS) is 22.9. The Morgan fingerprint density at radius 1 is 1.44 bits per heavy atom. The average molecular weight is 269 g/mol. The van der Waals surface area contributed by atoms with Crippen molar-refractivity contribution in [2.45, 2.75) is 37.2 Å². The zero-order valence-electron chi connectivity index (χ0n) is 10.6. The van der Waals surface area contributed by atoms with E-state index in [9.17, 15) is 4.39 Å². The maximum Gasteiger partial charge on any atom is 0.123 e. The van der Waals surface area contributed by atoms with E-state index in [1.807, 2.05) is 30.8 Å². The van der Waals surface area contributed by atoms with Crippen LogP contribution in [0.4, 0.5) is 4.39 Å². The van der Waals surface area contributed by atoms with Gasteiger partial charge >= 0.3 is 0 Å². The third-order valence-electron chi connectivity index (χ3n) is 3.16. The summed E-state index contributed by atoms with van der Waals surface area (Å²) in [5.41, 5.74) is 7.13. The first-order chi connectivity index (χ1) is 8.66. The van der Waals surface area contributed by atoms with Crippen LogP contribution in [-0.4, -0.2) is 24.5 Å². The van der Waals surface area contributed by atoms with Crippen LogP contribution in [0.5, 0.6) is 0 Å². The molecule has 1 aromatic carbocycles. The number of nitrogens with two attached hydrogens (primary N) is 1. The molecule has 1 fully saturated rings. The SMILES string of the molecule is CC(N)C(SCC1CCCO1)c1ccc(F)cc1. The third kappa shape index (κ3) is 3.70. The second kappa shape index (κ2) is 6.55. The largest absolute Gasteiger partial charge is 0.377 e. The maximum atomic E-state index is 12.9. The molecule has 3 unspecified atom stereocenters. The van der Waals surface area contributed by atoms with Gasteiger partial charge in [0.2, 0.25) is 0 Å². The average Bonchev–Trinajstić information content (AvgIpc) is 2.84. The molecular formula is C14H20FNOS. The Labute approximate surface area is 112 Å². The first-order valence-electron chi connectivity index (χ1n) is 6.41. The molecule has 1 heterocycles. The topological polar surface area (TPSA) is 35.2 Å². The maximum absolute atomic E-state index is 12.9. The van der Waals surface area contributed by atoms with Crippen molar-refractivity contribution < 1.29 is 9.13 Å². The lowest BCUT2D eigenvalue weighted by molar-refractivity contribution is 0.128. The Kier molecular flexibility index (Phi) is 5.03. The standard InChI is InChI=1S/C14H20FNOS/c1-10(16)14(11-4-6-12(15)7-5-11)18-9-13-3-2-8-17-13/h4-7,10,13-14H,2-3,8-9,16H2,1H3. The minimum Gasteiger partial charge on any atom is -0.377 e. The number of rotatable bonds is 5. The van der Waals surface area contributed by atoms with Gasteiger partial charge in [0.1, 0.15) is 5.82 Å². The van der Waals surface area contributed by atoms with Crippen LogP contribution in [0.2, 0.25) is 0 Å². The van der Waals surface area contributed by atoms with Crippen molar-refractivity contribution in [3.63, 3.8) is 0 Å². The van der Waals surface area contributed by atoms with Crippen molar-refractivity contribution in [1.29, 1.82) is 0 Å². The highest BCUT2D eigenvalue weighted by Crippen LogP contribution is 2.33. The second-order valence-corrected chi connectivity index (χ2v) is 5.97. The van der Waals surface area contributed by atoms with Crippen LogP contribution < -0.4 is 5.73 Å². The van der Waals surface area contributed by atoms with E-state index in [-0.39, 0.29) is 17.1 Å². The zero-order valence-corrected chi connectivity index (χ0v) is 11.5. The van der Waals surface area contributed by atoms with Gasteiger partial charge in [-0.3, -0.25) is 0 Å². The van der Waals surface area contributed by atoms with E-state index >= 15 is 0 Å². The lowest BCUT2D eigenvalue weighted by Crippen LogP contribution is -2.24. The molecule has 1 aliphatic rings. The molecule has 3 atom stereocenters. The van der Waals surface area contributed by atoms with E-state index < -0.39 is 0 Å². The van der Waals surface area contributed by atoms with Crippen molar-refractivity contribution in [3.05, 3.63) is 35.6 Å². The van der Waals surface area contributed by atoms with Crippen LogP contribution >= 0.6 is 11.8 Å². The molecule has 1 saturated heterocycles. The van der Waals surface area contributed by atoms with Crippen molar-refractivity contribution in [1.82, 2.24) is 0 Å². The molecule has 100 valence electrons. The van der Waals surface area contributed by atoms with Gasteiger partial charge in [0.25, 0.3) is 0 Å². The molecular weight excluding hydrogens is 249 g/mol. The summed E-state index contributed by atoms with van der Waals surface area (Å²) in [4.78, 5) is 0. The van der Waals surface area contributed by atoms with Gasteiger partial charge in [-0.25, -0.2) is 4.39 Å². The fourth-order valence-electron chi connectivity index (χ4n) is 2.19. The van der Waals surface area contributed by atoms with Gasteiger partial charge in [0.15, 0.2) is 0 Å². The molecule has 2 rings (SSSR count). The molecule has 1 aliphatic heterocycles. The van der Waals surface area contributed by atoms with Gasteiger partial charge in [-0.1, -0.05) is 12.1 Å². The fourth-order valence-corrected chi connectivity index (χ4v) is 3.53. The van der Waals surface area contributed by atoms with Gasteiger partial charge in [0.05, 0.1) is 6.10 Å². The molecule has 2 N–H and O–H groups in total. The lowest BCUT2D eigenvalue weighted by Gasteiger charge is -2.22. The summed E-state index contributed by atoms with van der Waals surface area (Å²) >= 11 is 1.81. The van der Waals surface area contributed by atoms with E-state index in [0.717, 1.165) is 30.8 Å². The van der Waals surface area contributed by atoms with Crippen molar-refractivity contribution in [2.75, 3.05) is 12.4 Å². The van der Waals surface area contributed by atoms with Crippen LogP contribution in [0.1, 0.15) is 30.6 Å². The van der Waals surface area contributed by atoms with Crippen LogP contribution in [0.3, 0.4) is 0 Å². The van der Waals surface area contributed by atoms with Crippen molar-refractivity contribution in [3.8, 4) is 0 Å². The first-order valence-corrected chi connectivity index (χ1v) is 7.46. The highest BCUT2D eigenvalue weighted by atomic mass is 32.2. The van der Waals surface area contributed by atoms with Crippen molar-refractivity contribution >= 4 is 11.8 Å². The Morgan fingerprint density at radius 3 is 2.72 bits per heavy atom. The van der Waals surface area contributed by atoms with Gasteiger partial charge in [-0.15, -0.1) is 11.8 Å². The molecule has 0 amide bonds. The molecule has 0 radical (unpaired) electrons. The van der Waals surface area contributed by atoms with E-state index in [2.05, 4.69) is 0 Å². The molecule has 0 aliphatic carbocycles. The van der Waals surface area contributed by atoms with Gasteiger partial charge in [-0.2, -0.15) is 0 Å². The van der Waals surface area contributed by atoms with Crippen molar-refractivity contribution in [2.24, 2.45) is 5.73 Å². The smallest absolute Gasteiger partial charge is 0.123 e. The van der Waals surface area contributed by atoms with Crippen LogP contribution in [0, 0.1) is 5.82 Å². The summed E-state index contributed by atoms with van der Waals surface area (Å²) in [5.74, 6) is 0.759. The van der Waals surface area contributed by atoms with E-state index in [1.165, 1.54) is 12.1 Å². The molecule has 0 aromatic heterocycles. The summed E-state index contributed by atoms with van der Waals surface area (Å²) < 4.78 is 18.5. The van der Waals surface area contributed by atoms with Crippen LogP contribution in [0.25, 0.3) is 0 Å². The minimum absolute atomic E-state index is 0.0434. The number of halogens is 1. The number of benzene rings is 1. The third-order valence-corrected chi connectivity index (χ3v) is 4.79. The predicted molar refractivity (Wildman–Crippen MR) is 74.2 cm³/mol. The van der Waals surface area contributed by atoms with Crippen LogP contribution in [0.15, 0.2) is 24.3 Å². The Morgan fingerprint density at radius 2 is 2.17 bits per heavy atom. The lowest BCUT2D eigenvalue weighted by atomic mass is 10.1. The highest BCUT2D eigenvalue weighted by Gasteiger charge is 2.21. The van der Waals surface area contributed by atoms with Gasteiger partial charge in [-0.05, 0) is 37.5 Å². The highest BCUT2D eigenvalue weighted by molar-refractivity contribution is 7.99. The summed E-state index contributed by atoms with van der Waals surface area (Å²) in [7, 11) is 0.